The second-order valence-electron chi connectivity index (χ2n) is 29.1. The first-order chi connectivity index (χ1) is 53.4. The van der Waals surface area contributed by atoms with E-state index < -0.39 is 211 Å². The highest BCUT2D eigenvalue weighted by atomic mass is 16.4. The van der Waals surface area contributed by atoms with E-state index in [0.29, 0.717) is 37.7 Å². The SMILES string of the molecule is CC(=O)O.CC[C@H](C)[C@H](NC(=O)[C@H](CCCCN)NC(=O)[C@@H](NC(=O)[C@@H](N)CCCN=C(N)N)[C@@H](C)CC)C(=O)NCC(=O)N[C@@H](CC(C)C)C(=O)N[C@@H](Cc1ccccc1)C(=O)N[C@@H](CC(=O)O)C(=O)N[C@@H](CCC(N)=O)C(=O)N[C@@H](CC(C)C)C(=O)N[C@@H](CO)C(=O)N[C@@H](CCCN=C(N)N)C(=O)N[C@@H](CC(C)C)C(N)=O. The molecule has 0 aliphatic rings. The minimum atomic E-state index is -2.03. The molecule has 0 aliphatic carbocycles. The monoisotopic (exact) mass is 1620 g/mol. The van der Waals surface area contributed by atoms with E-state index in [1.165, 1.54) is 0 Å². The van der Waals surface area contributed by atoms with Gasteiger partial charge in [-0.3, -0.25) is 86.7 Å². The van der Waals surface area contributed by atoms with E-state index in [4.69, 9.17) is 55.8 Å². The lowest BCUT2D eigenvalue weighted by Crippen LogP contribution is -2.61. The number of primary amides is 2. The van der Waals surface area contributed by atoms with Crippen molar-refractivity contribution in [2.75, 3.05) is 32.8 Å². The number of benzene rings is 1. The summed E-state index contributed by atoms with van der Waals surface area (Å²) in [4.78, 5) is 223. The summed E-state index contributed by atoms with van der Waals surface area (Å²) >= 11 is 0. The Balaban J connectivity index is 0.0000311. The molecular formula is C73H128N22O19. The molecule has 0 aromatic heterocycles. The molecule has 41 heteroatoms. The number of amides is 14. The minimum Gasteiger partial charge on any atom is -0.481 e. The lowest BCUT2D eigenvalue weighted by atomic mass is 9.96. The number of rotatable bonds is 55. The number of nitrogens with one attached hydrogen (secondary N) is 12. The van der Waals surface area contributed by atoms with Gasteiger partial charge in [-0.1, -0.05) is 112 Å². The molecule has 14 amide bonds. The Bertz CT molecular complexity index is 3350. The summed E-state index contributed by atoms with van der Waals surface area (Å²) in [6, 6.07) is -9.26. The van der Waals surface area contributed by atoms with Crippen molar-refractivity contribution in [1.82, 2.24) is 63.8 Å². The summed E-state index contributed by atoms with van der Waals surface area (Å²) in [6.07, 6.45) is -0.318. The van der Waals surface area contributed by atoms with Crippen molar-refractivity contribution in [3.8, 4) is 0 Å². The minimum absolute atomic E-state index is 0.0173. The number of carbonyl (C=O) groups excluding carboxylic acids is 14. The number of nitrogens with two attached hydrogens (primary N) is 8. The number of hydrogen-bond acceptors (Lipinski definition) is 21. The van der Waals surface area contributed by atoms with Crippen LogP contribution in [0.3, 0.4) is 0 Å². The van der Waals surface area contributed by atoms with E-state index in [1.807, 2.05) is 6.92 Å². The molecule has 0 saturated carbocycles. The van der Waals surface area contributed by atoms with E-state index in [0.717, 1.165) is 6.92 Å². The van der Waals surface area contributed by atoms with Crippen molar-refractivity contribution in [2.24, 2.45) is 85.4 Å². The van der Waals surface area contributed by atoms with Gasteiger partial charge in [-0.25, -0.2) is 0 Å². The van der Waals surface area contributed by atoms with Crippen molar-refractivity contribution in [1.29, 1.82) is 0 Å². The van der Waals surface area contributed by atoms with Crippen LogP contribution in [0, 0.1) is 29.6 Å². The highest BCUT2D eigenvalue weighted by molar-refractivity contribution is 6.00. The predicted molar refractivity (Wildman–Crippen MR) is 423 cm³/mol. The molecule has 114 heavy (non-hydrogen) atoms. The van der Waals surface area contributed by atoms with E-state index in [2.05, 4.69) is 73.8 Å². The van der Waals surface area contributed by atoms with Crippen molar-refractivity contribution >= 4 is 107 Å². The number of aliphatic hydroxyl groups excluding tert-OH is 1. The molecule has 41 nitrogen and oxygen atoms in total. The number of nitrogens with zero attached hydrogens (tertiary/aromatic N) is 2. The van der Waals surface area contributed by atoms with Gasteiger partial charge in [0.15, 0.2) is 11.9 Å². The average molecular weight is 1620 g/mol. The average Bonchev–Trinajstić information content (AvgIpc) is 0.855. The van der Waals surface area contributed by atoms with Crippen molar-refractivity contribution in [2.45, 2.75) is 251 Å². The van der Waals surface area contributed by atoms with E-state index in [9.17, 15) is 82.1 Å². The van der Waals surface area contributed by atoms with Gasteiger partial charge >= 0.3 is 5.97 Å². The van der Waals surface area contributed by atoms with Crippen LogP contribution < -0.4 is 110 Å². The molecule has 31 N–H and O–H groups in total. The van der Waals surface area contributed by atoms with E-state index >= 15 is 0 Å². The number of carboxylic acids is 2. The third kappa shape index (κ3) is 43.8. The maximum absolute atomic E-state index is 14.6. The zero-order chi connectivity index (χ0) is 87.1. The van der Waals surface area contributed by atoms with Crippen LogP contribution in [0.15, 0.2) is 40.3 Å². The molecule has 0 radical (unpaired) electrons. The quantitative estimate of drug-likeness (QED) is 0.0165. The number of guanidine groups is 2. The standard InChI is InChI=1S/C71H124N22O17.C2H4O2/c1-11-40(9)56(93-62(103)44(23-16-17-27-72)86-69(110)57(41(10)12-2)92-59(100)43(73)22-18-28-80-70(76)77)68(109)82-35-54(96)83-48(31-38(5)6)63(104)89-50(33-42-20-14-13-15-21-42)65(106)90-51(34-55(97)98)66(107)85-46(25-26-53(74)95)61(102)88-49(32-39(7)8)64(105)91-52(36-94)67(108)84-45(24-19-29-81-71(78)79)60(101)87-47(58(75)99)30-37(3)4;1-2(3)4/h13-15,20-21,37-41,43-52,56-57,94H,11-12,16-19,22-36,72-73H2,1-10H3,(H2,74,95)(H2,75,99)(H,82,109)(H,83,96)(H,84,108)(H,85,107)(H,86,110)(H,87,101)(H,88,102)(H,89,104)(H,90,106)(H,91,105)(H,92,100)(H,93,103)(H,97,98)(H4,76,77,80)(H4,78,79,81);1H3,(H,3,4)/t40-,41-,43-,44-,45-,46-,47-,48-,49-,50-,51-,52-,56-,57-;/m0./s1. The second-order valence-corrected chi connectivity index (χ2v) is 29.1. The number of carbonyl (C=O) groups is 16. The van der Waals surface area contributed by atoms with Gasteiger partial charge < -0.3 is 125 Å². The van der Waals surface area contributed by atoms with Crippen LogP contribution in [0.1, 0.15) is 178 Å². The molecule has 0 unspecified atom stereocenters. The largest absolute Gasteiger partial charge is 0.481 e. The number of carboxylic acid groups (broad SMARTS) is 2. The summed E-state index contributed by atoms with van der Waals surface area (Å²) in [5.41, 5.74) is 45.1. The van der Waals surface area contributed by atoms with Gasteiger partial charge in [-0.15, -0.1) is 0 Å². The maximum atomic E-state index is 14.6. The summed E-state index contributed by atoms with van der Waals surface area (Å²) in [5.74, 6) is -17.7. The zero-order valence-corrected chi connectivity index (χ0v) is 67.4. The molecule has 0 heterocycles. The van der Waals surface area contributed by atoms with Crippen molar-refractivity contribution < 1.29 is 92.0 Å². The van der Waals surface area contributed by atoms with E-state index in [1.54, 1.807) is 92.6 Å². The van der Waals surface area contributed by atoms with Crippen LogP contribution in [0.2, 0.25) is 0 Å². The van der Waals surface area contributed by atoms with Crippen LogP contribution in [0.25, 0.3) is 0 Å². The fourth-order valence-corrected chi connectivity index (χ4v) is 11.1. The lowest BCUT2D eigenvalue weighted by Gasteiger charge is -2.29. The molecule has 1 aromatic carbocycles. The summed E-state index contributed by atoms with van der Waals surface area (Å²) < 4.78 is 0. The third-order valence-corrected chi connectivity index (χ3v) is 17.6. The fraction of sp³-hybridized carbons (Fsp3) is 0.671. The lowest BCUT2D eigenvalue weighted by molar-refractivity contribution is -0.141. The Morgan fingerprint density at radius 1 is 0.430 bits per heavy atom. The van der Waals surface area contributed by atoms with Gasteiger partial charge in [0.05, 0.1) is 25.6 Å². The van der Waals surface area contributed by atoms with Crippen LogP contribution in [-0.4, -0.2) is 227 Å². The Hall–Kier alpha value is -10.8. The Morgan fingerprint density at radius 2 is 0.807 bits per heavy atom. The van der Waals surface area contributed by atoms with Gasteiger partial charge in [0.25, 0.3) is 5.97 Å². The topological polar surface area (TPSA) is 711 Å². The number of aliphatic carboxylic acids is 2. The van der Waals surface area contributed by atoms with Crippen LogP contribution in [0.4, 0.5) is 0 Å². The van der Waals surface area contributed by atoms with Crippen molar-refractivity contribution in [3.63, 3.8) is 0 Å². The Labute approximate surface area is 665 Å². The molecule has 644 valence electrons. The predicted octanol–water partition coefficient (Wildman–Crippen LogP) is -5.22. The molecule has 14 atom stereocenters. The van der Waals surface area contributed by atoms with Crippen LogP contribution in [0.5, 0.6) is 0 Å². The van der Waals surface area contributed by atoms with Gasteiger partial charge in [-0.2, -0.15) is 0 Å². The third-order valence-electron chi connectivity index (χ3n) is 17.6. The first-order valence-corrected chi connectivity index (χ1v) is 38.2. The summed E-state index contributed by atoms with van der Waals surface area (Å²) in [7, 11) is 0. The Kier molecular flexibility index (Phi) is 50.3. The molecule has 0 bridgehead atoms. The van der Waals surface area contributed by atoms with Crippen LogP contribution in [-0.2, 0) is 83.1 Å². The van der Waals surface area contributed by atoms with Gasteiger partial charge in [0.1, 0.15) is 66.5 Å². The maximum Gasteiger partial charge on any atom is 0.305 e. The van der Waals surface area contributed by atoms with Gasteiger partial charge in [-0.05, 0) is 112 Å². The van der Waals surface area contributed by atoms with Crippen LogP contribution >= 0.6 is 0 Å². The smallest absolute Gasteiger partial charge is 0.305 e. The molecule has 0 fully saturated rings. The highest BCUT2D eigenvalue weighted by Crippen LogP contribution is 2.16. The number of aliphatic imine (C=N–C) groups is 2. The molecule has 0 aliphatic heterocycles. The van der Waals surface area contributed by atoms with Gasteiger partial charge in [0, 0.05) is 32.9 Å². The fourth-order valence-electron chi connectivity index (χ4n) is 11.1. The first kappa shape index (κ1) is 103. The van der Waals surface area contributed by atoms with Gasteiger partial charge in [0.2, 0.25) is 82.7 Å². The molecule has 1 aromatic rings. The number of hydrogen-bond donors (Lipinski definition) is 23. The molecular weight excluding hydrogens is 1490 g/mol. The van der Waals surface area contributed by atoms with E-state index in [-0.39, 0.29) is 101 Å². The molecule has 0 spiro atoms. The molecule has 1 rings (SSSR count). The number of aliphatic hydroxyl groups is 1. The Morgan fingerprint density at radius 3 is 1.27 bits per heavy atom. The molecule has 0 saturated heterocycles. The first-order valence-electron chi connectivity index (χ1n) is 38.2. The van der Waals surface area contributed by atoms with Crippen molar-refractivity contribution in [3.05, 3.63) is 35.9 Å². The number of unbranched alkanes of at least 4 members (excludes halogenated alkanes) is 1. The second kappa shape index (κ2) is 55.6. The summed E-state index contributed by atoms with van der Waals surface area (Å²) in [5, 5.41) is 58.3. The summed E-state index contributed by atoms with van der Waals surface area (Å²) in [6.45, 7) is 17.1. The normalized spacial score (nSPS) is 14.7. The highest BCUT2D eigenvalue weighted by Gasteiger charge is 2.38. The zero-order valence-electron chi connectivity index (χ0n) is 67.4.